The largest absolute Gasteiger partial charge is 0.323 e. The molecule has 0 aliphatic carbocycles. The Morgan fingerprint density at radius 1 is 1.22 bits per heavy atom. The minimum atomic E-state index is -3.43. The number of amides is 1. The summed E-state index contributed by atoms with van der Waals surface area (Å²) in [5, 5.41) is 2.62. The molecule has 1 amide bonds. The Hall–Kier alpha value is -1.66. The Morgan fingerprint density at radius 3 is 2.22 bits per heavy atom. The number of anilines is 1. The molecule has 1 N–H and O–H groups in total. The van der Waals surface area contributed by atoms with Crippen LogP contribution in [0.3, 0.4) is 0 Å². The lowest BCUT2D eigenvalue weighted by atomic mass is 10.3. The molecule has 0 heterocycles. The number of nitrogens with one attached hydrogen (secondary N) is 1. The number of rotatable bonds is 4. The standard InChI is InChI=1S/C12H16N2O3S/c1-4-5-12(15)13-10-6-8-11(9-7-10)18(16,17)14(2)3/h4-9H,1-3H3,(H,13,15). The molecule has 5 nitrogen and oxygen atoms in total. The van der Waals surface area contributed by atoms with Gasteiger partial charge in [0.2, 0.25) is 15.9 Å². The van der Waals surface area contributed by atoms with Gasteiger partial charge in [-0.25, -0.2) is 12.7 Å². The molecule has 1 aromatic carbocycles. The lowest BCUT2D eigenvalue weighted by Gasteiger charge is -2.11. The van der Waals surface area contributed by atoms with Crippen molar-refractivity contribution in [1.82, 2.24) is 4.31 Å². The van der Waals surface area contributed by atoms with Gasteiger partial charge in [0.05, 0.1) is 4.90 Å². The summed E-state index contributed by atoms with van der Waals surface area (Å²) in [7, 11) is -0.487. The summed E-state index contributed by atoms with van der Waals surface area (Å²) in [6.45, 7) is 1.74. The van der Waals surface area contributed by atoms with E-state index in [0.29, 0.717) is 5.69 Å². The van der Waals surface area contributed by atoms with E-state index in [9.17, 15) is 13.2 Å². The van der Waals surface area contributed by atoms with Crippen LogP contribution in [0.5, 0.6) is 0 Å². The van der Waals surface area contributed by atoms with Crippen LogP contribution in [0, 0.1) is 0 Å². The van der Waals surface area contributed by atoms with Crippen LogP contribution in [-0.2, 0) is 14.8 Å². The van der Waals surface area contributed by atoms with E-state index in [4.69, 9.17) is 0 Å². The molecular formula is C12H16N2O3S. The fourth-order valence-corrected chi connectivity index (χ4v) is 2.16. The predicted molar refractivity (Wildman–Crippen MR) is 70.8 cm³/mol. The molecular weight excluding hydrogens is 252 g/mol. The maximum Gasteiger partial charge on any atom is 0.248 e. The first kappa shape index (κ1) is 14.4. The molecule has 18 heavy (non-hydrogen) atoms. The Bertz CT molecular complexity index is 545. The lowest BCUT2D eigenvalue weighted by Crippen LogP contribution is -2.22. The van der Waals surface area contributed by atoms with E-state index in [1.165, 1.54) is 32.3 Å². The van der Waals surface area contributed by atoms with Gasteiger partial charge in [0, 0.05) is 19.8 Å². The van der Waals surface area contributed by atoms with Gasteiger partial charge >= 0.3 is 0 Å². The highest BCUT2D eigenvalue weighted by Gasteiger charge is 2.16. The van der Waals surface area contributed by atoms with Crippen molar-refractivity contribution in [3.8, 4) is 0 Å². The fraction of sp³-hybridized carbons (Fsp3) is 0.250. The average Bonchev–Trinajstić information content (AvgIpc) is 2.29. The van der Waals surface area contributed by atoms with Crippen molar-refractivity contribution in [2.24, 2.45) is 0 Å². The van der Waals surface area contributed by atoms with Crippen LogP contribution in [0.4, 0.5) is 5.69 Å². The number of hydrogen-bond donors (Lipinski definition) is 1. The van der Waals surface area contributed by atoms with Crippen LogP contribution >= 0.6 is 0 Å². The summed E-state index contributed by atoms with van der Waals surface area (Å²) >= 11 is 0. The SMILES string of the molecule is CC=CC(=O)Nc1ccc(S(=O)(=O)N(C)C)cc1. The van der Waals surface area contributed by atoms with Crippen LogP contribution in [0.2, 0.25) is 0 Å². The molecule has 0 unspecified atom stereocenters. The van der Waals surface area contributed by atoms with E-state index < -0.39 is 10.0 Å². The monoisotopic (exact) mass is 268 g/mol. The van der Waals surface area contributed by atoms with Gasteiger partial charge < -0.3 is 5.32 Å². The van der Waals surface area contributed by atoms with Gasteiger partial charge in [0.15, 0.2) is 0 Å². The quantitative estimate of drug-likeness (QED) is 0.840. The number of sulfonamides is 1. The summed E-state index contributed by atoms with van der Waals surface area (Å²) < 4.78 is 24.7. The van der Waals surface area contributed by atoms with Crippen LogP contribution in [0.25, 0.3) is 0 Å². The minimum Gasteiger partial charge on any atom is -0.323 e. The molecule has 0 aliphatic rings. The number of hydrogen-bond acceptors (Lipinski definition) is 3. The Kier molecular flexibility index (Phi) is 4.63. The Morgan fingerprint density at radius 2 is 1.78 bits per heavy atom. The van der Waals surface area contributed by atoms with Crippen LogP contribution in [0.15, 0.2) is 41.3 Å². The maximum absolute atomic E-state index is 11.8. The van der Waals surface area contributed by atoms with Crippen LogP contribution in [-0.4, -0.2) is 32.7 Å². The minimum absolute atomic E-state index is 0.191. The van der Waals surface area contributed by atoms with Crippen molar-refractivity contribution >= 4 is 21.6 Å². The molecule has 0 radical (unpaired) electrons. The highest BCUT2D eigenvalue weighted by atomic mass is 32.2. The van der Waals surface area contributed by atoms with E-state index in [1.807, 2.05) is 0 Å². The first-order valence-corrected chi connectivity index (χ1v) is 6.78. The molecule has 1 rings (SSSR count). The molecule has 0 bridgehead atoms. The van der Waals surface area contributed by atoms with E-state index in [1.54, 1.807) is 25.1 Å². The normalized spacial score (nSPS) is 12.0. The van der Waals surface area contributed by atoms with E-state index in [-0.39, 0.29) is 10.8 Å². The summed E-state index contributed by atoms with van der Waals surface area (Å²) in [4.78, 5) is 11.5. The van der Waals surface area contributed by atoms with Gasteiger partial charge in [-0.15, -0.1) is 0 Å². The van der Waals surface area contributed by atoms with Crippen molar-refractivity contribution in [3.05, 3.63) is 36.4 Å². The van der Waals surface area contributed by atoms with E-state index >= 15 is 0 Å². The molecule has 98 valence electrons. The van der Waals surface area contributed by atoms with Gasteiger partial charge in [0.25, 0.3) is 0 Å². The van der Waals surface area contributed by atoms with Crippen molar-refractivity contribution < 1.29 is 13.2 Å². The molecule has 6 heteroatoms. The fourth-order valence-electron chi connectivity index (χ4n) is 1.26. The van der Waals surface area contributed by atoms with Crippen LogP contribution in [0.1, 0.15) is 6.92 Å². The Balaban J connectivity index is 2.91. The molecule has 0 atom stereocenters. The molecule has 0 aromatic heterocycles. The zero-order valence-corrected chi connectivity index (χ0v) is 11.4. The maximum atomic E-state index is 11.8. The highest BCUT2D eigenvalue weighted by Crippen LogP contribution is 2.16. The number of nitrogens with zero attached hydrogens (tertiary/aromatic N) is 1. The third kappa shape index (κ3) is 3.41. The zero-order chi connectivity index (χ0) is 13.8. The van der Waals surface area contributed by atoms with Gasteiger partial charge in [-0.2, -0.15) is 0 Å². The first-order chi connectivity index (χ1) is 8.37. The summed E-state index contributed by atoms with van der Waals surface area (Å²) in [5.74, 6) is -0.249. The second-order valence-corrected chi connectivity index (χ2v) is 5.95. The van der Waals surface area contributed by atoms with Crippen molar-refractivity contribution in [2.75, 3.05) is 19.4 Å². The second kappa shape index (κ2) is 5.79. The molecule has 0 aliphatic heterocycles. The van der Waals surface area contributed by atoms with Crippen molar-refractivity contribution in [1.29, 1.82) is 0 Å². The van der Waals surface area contributed by atoms with Crippen molar-refractivity contribution in [3.63, 3.8) is 0 Å². The number of carbonyl (C=O) groups is 1. The van der Waals surface area contributed by atoms with Crippen LogP contribution < -0.4 is 5.32 Å². The third-order valence-electron chi connectivity index (χ3n) is 2.22. The molecule has 0 fully saturated rings. The van der Waals surface area contributed by atoms with Crippen molar-refractivity contribution in [2.45, 2.75) is 11.8 Å². The third-order valence-corrected chi connectivity index (χ3v) is 4.05. The molecule has 0 saturated carbocycles. The molecule has 0 spiro atoms. The van der Waals surface area contributed by atoms with Gasteiger partial charge in [0.1, 0.15) is 0 Å². The summed E-state index contributed by atoms with van der Waals surface area (Å²) in [6, 6.07) is 6.02. The molecule has 1 aromatic rings. The Labute approximate surface area is 107 Å². The topological polar surface area (TPSA) is 66.5 Å². The predicted octanol–water partition coefficient (Wildman–Crippen LogP) is 1.45. The second-order valence-electron chi connectivity index (χ2n) is 3.80. The van der Waals surface area contributed by atoms with E-state index in [0.717, 1.165) is 4.31 Å². The van der Waals surface area contributed by atoms with Gasteiger partial charge in [-0.1, -0.05) is 6.08 Å². The average molecular weight is 268 g/mol. The highest BCUT2D eigenvalue weighted by molar-refractivity contribution is 7.89. The van der Waals surface area contributed by atoms with E-state index in [2.05, 4.69) is 5.32 Å². The zero-order valence-electron chi connectivity index (χ0n) is 10.5. The summed E-state index contributed by atoms with van der Waals surface area (Å²) in [6.07, 6.45) is 3.02. The molecule has 0 saturated heterocycles. The summed E-state index contributed by atoms with van der Waals surface area (Å²) in [5.41, 5.74) is 0.552. The first-order valence-electron chi connectivity index (χ1n) is 5.34. The number of allylic oxidation sites excluding steroid dienone is 1. The lowest BCUT2D eigenvalue weighted by molar-refractivity contribution is -0.111. The van der Waals surface area contributed by atoms with Gasteiger partial charge in [-0.3, -0.25) is 4.79 Å². The smallest absolute Gasteiger partial charge is 0.248 e. The number of carbonyl (C=O) groups excluding carboxylic acids is 1. The van der Waals surface area contributed by atoms with Gasteiger partial charge in [-0.05, 0) is 37.3 Å². The number of benzene rings is 1.